The van der Waals surface area contributed by atoms with E-state index < -0.39 is 11.4 Å². The quantitative estimate of drug-likeness (QED) is 0.739. The van der Waals surface area contributed by atoms with E-state index in [-0.39, 0.29) is 18.4 Å². The summed E-state index contributed by atoms with van der Waals surface area (Å²) < 4.78 is 14.0. The minimum atomic E-state index is -1.20. The predicted molar refractivity (Wildman–Crippen MR) is 105 cm³/mol. The average molecular weight is 385 g/mol. The van der Waals surface area contributed by atoms with Gasteiger partial charge >= 0.3 is 0 Å². The molecule has 3 rings (SSSR count). The van der Waals surface area contributed by atoms with Gasteiger partial charge in [-0.15, -0.1) is 0 Å². The summed E-state index contributed by atoms with van der Waals surface area (Å²) >= 11 is 0. The van der Waals surface area contributed by atoms with Crippen molar-refractivity contribution in [2.45, 2.75) is 25.4 Å². The van der Waals surface area contributed by atoms with Crippen LogP contribution in [0.2, 0.25) is 0 Å². The first kappa shape index (κ1) is 20.0. The molecule has 28 heavy (non-hydrogen) atoms. The third-order valence-corrected chi connectivity index (χ3v) is 4.91. The Morgan fingerprint density at radius 3 is 2.18 bits per heavy atom. The topological polar surface area (TPSA) is 81.7 Å². The lowest BCUT2D eigenvalue weighted by atomic mass is 9.84. The van der Waals surface area contributed by atoms with E-state index in [2.05, 4.69) is 10.6 Å². The van der Waals surface area contributed by atoms with Crippen LogP contribution in [0.15, 0.2) is 48.5 Å². The highest BCUT2D eigenvalue weighted by molar-refractivity contribution is 5.93. The minimum absolute atomic E-state index is 0.155. The predicted octanol–water partition coefficient (Wildman–Crippen LogP) is 2.71. The van der Waals surface area contributed by atoms with Crippen LogP contribution in [0.1, 0.15) is 25.3 Å². The van der Waals surface area contributed by atoms with Gasteiger partial charge in [0.15, 0.2) is 0 Å². The number of amides is 2. The van der Waals surface area contributed by atoms with Crippen LogP contribution in [0, 0.1) is 5.82 Å². The number of anilines is 2. The van der Waals surface area contributed by atoms with Crippen molar-refractivity contribution in [2.24, 2.45) is 0 Å². The van der Waals surface area contributed by atoms with Gasteiger partial charge in [0.25, 0.3) is 0 Å². The molecule has 6 nitrogen and oxygen atoms in total. The van der Waals surface area contributed by atoms with E-state index in [1.54, 1.807) is 42.5 Å². The lowest BCUT2D eigenvalue weighted by Gasteiger charge is -2.38. The summed E-state index contributed by atoms with van der Waals surface area (Å²) in [6.07, 6.45) is 0.735. The van der Waals surface area contributed by atoms with Crippen LogP contribution in [-0.2, 0) is 15.2 Å². The molecule has 1 saturated heterocycles. The standard InChI is InChI=1S/C21H24FN3O3/c1-15(26)23-16-6-8-17(9-7-16)24-20(27)14-25-12-10-21(28,11-13-25)18-4-2-3-5-19(18)22/h2-9,28H,10-14H2,1H3,(H,23,26)(H,24,27). The second kappa shape index (κ2) is 8.50. The monoisotopic (exact) mass is 385 g/mol. The van der Waals surface area contributed by atoms with Gasteiger partial charge in [0.05, 0.1) is 12.1 Å². The van der Waals surface area contributed by atoms with Gasteiger partial charge in [-0.25, -0.2) is 4.39 Å². The van der Waals surface area contributed by atoms with Gasteiger partial charge in [-0.05, 0) is 43.2 Å². The third-order valence-electron chi connectivity index (χ3n) is 4.91. The Morgan fingerprint density at radius 1 is 1.04 bits per heavy atom. The smallest absolute Gasteiger partial charge is 0.238 e. The first-order valence-corrected chi connectivity index (χ1v) is 9.23. The van der Waals surface area contributed by atoms with E-state index in [0.717, 1.165) is 0 Å². The molecule has 7 heteroatoms. The van der Waals surface area contributed by atoms with Crippen molar-refractivity contribution >= 4 is 23.2 Å². The lowest BCUT2D eigenvalue weighted by molar-refractivity contribution is -0.118. The Hall–Kier alpha value is -2.77. The number of hydrogen-bond acceptors (Lipinski definition) is 4. The molecule has 0 spiro atoms. The second-order valence-corrected chi connectivity index (χ2v) is 7.09. The summed E-state index contributed by atoms with van der Waals surface area (Å²) in [6, 6.07) is 13.1. The molecule has 0 saturated carbocycles. The lowest BCUT2D eigenvalue weighted by Crippen LogP contribution is -2.45. The number of halogens is 1. The molecule has 0 radical (unpaired) electrons. The molecule has 2 aromatic carbocycles. The maximum atomic E-state index is 14.0. The van der Waals surface area contributed by atoms with Crippen LogP contribution < -0.4 is 10.6 Å². The van der Waals surface area contributed by atoms with Crippen LogP contribution in [-0.4, -0.2) is 41.5 Å². The molecule has 0 aromatic heterocycles. The zero-order valence-electron chi connectivity index (χ0n) is 15.7. The average Bonchev–Trinajstić information content (AvgIpc) is 2.65. The largest absolute Gasteiger partial charge is 0.385 e. The maximum Gasteiger partial charge on any atom is 0.238 e. The highest BCUT2D eigenvalue weighted by atomic mass is 19.1. The molecule has 0 atom stereocenters. The molecule has 0 unspecified atom stereocenters. The Kier molecular flexibility index (Phi) is 6.06. The molecule has 1 aliphatic rings. The second-order valence-electron chi connectivity index (χ2n) is 7.09. The number of rotatable bonds is 5. The highest BCUT2D eigenvalue weighted by Gasteiger charge is 2.36. The molecule has 2 aromatic rings. The van der Waals surface area contributed by atoms with Crippen LogP contribution in [0.3, 0.4) is 0 Å². The number of piperidine rings is 1. The molecule has 1 heterocycles. The van der Waals surface area contributed by atoms with Gasteiger partial charge in [-0.1, -0.05) is 18.2 Å². The summed E-state index contributed by atoms with van der Waals surface area (Å²) in [6.45, 7) is 2.63. The molecular formula is C21H24FN3O3. The fourth-order valence-electron chi connectivity index (χ4n) is 3.43. The van der Waals surface area contributed by atoms with Crippen molar-refractivity contribution in [3.63, 3.8) is 0 Å². The van der Waals surface area contributed by atoms with Crippen molar-refractivity contribution in [3.05, 3.63) is 59.9 Å². The number of nitrogens with zero attached hydrogens (tertiary/aromatic N) is 1. The normalized spacial score (nSPS) is 16.4. The molecule has 0 aliphatic carbocycles. The number of carbonyl (C=O) groups excluding carboxylic acids is 2. The molecular weight excluding hydrogens is 361 g/mol. The Labute approximate surface area is 163 Å². The first-order valence-electron chi connectivity index (χ1n) is 9.23. The van der Waals surface area contributed by atoms with Crippen molar-refractivity contribution in [1.29, 1.82) is 0 Å². The van der Waals surface area contributed by atoms with E-state index >= 15 is 0 Å². The van der Waals surface area contributed by atoms with E-state index in [1.165, 1.54) is 13.0 Å². The zero-order chi connectivity index (χ0) is 20.1. The van der Waals surface area contributed by atoms with Gasteiger partial charge in [-0.3, -0.25) is 14.5 Å². The van der Waals surface area contributed by atoms with Crippen LogP contribution >= 0.6 is 0 Å². The summed E-state index contributed by atoms with van der Waals surface area (Å²) in [5.41, 5.74) is 0.420. The van der Waals surface area contributed by atoms with Crippen molar-refractivity contribution in [1.82, 2.24) is 4.90 Å². The van der Waals surface area contributed by atoms with E-state index in [1.807, 2.05) is 4.90 Å². The Morgan fingerprint density at radius 2 is 1.61 bits per heavy atom. The molecule has 2 amide bonds. The summed E-state index contributed by atoms with van der Waals surface area (Å²) in [4.78, 5) is 25.3. The number of likely N-dealkylation sites (tertiary alicyclic amines) is 1. The molecule has 3 N–H and O–H groups in total. The summed E-state index contributed by atoms with van der Waals surface area (Å²) in [7, 11) is 0. The van der Waals surface area contributed by atoms with Crippen LogP contribution in [0.25, 0.3) is 0 Å². The maximum absolute atomic E-state index is 14.0. The minimum Gasteiger partial charge on any atom is -0.385 e. The SMILES string of the molecule is CC(=O)Nc1ccc(NC(=O)CN2CCC(O)(c3ccccc3F)CC2)cc1. The van der Waals surface area contributed by atoms with E-state index in [9.17, 15) is 19.1 Å². The number of carbonyl (C=O) groups is 2. The number of hydrogen-bond donors (Lipinski definition) is 3. The summed E-state index contributed by atoms with van der Waals surface area (Å²) in [5, 5.41) is 16.3. The zero-order valence-corrected chi connectivity index (χ0v) is 15.7. The molecule has 0 bridgehead atoms. The van der Waals surface area contributed by atoms with Gasteiger partial charge in [-0.2, -0.15) is 0 Å². The molecule has 1 aliphatic heterocycles. The molecule has 148 valence electrons. The van der Waals surface area contributed by atoms with E-state index in [0.29, 0.717) is 42.9 Å². The van der Waals surface area contributed by atoms with Crippen molar-refractivity contribution in [2.75, 3.05) is 30.3 Å². The fraction of sp³-hybridized carbons (Fsp3) is 0.333. The number of nitrogens with one attached hydrogen (secondary N) is 2. The van der Waals surface area contributed by atoms with Gasteiger partial charge < -0.3 is 15.7 Å². The van der Waals surface area contributed by atoms with Gasteiger partial charge in [0.2, 0.25) is 11.8 Å². The van der Waals surface area contributed by atoms with Crippen molar-refractivity contribution < 1.29 is 19.1 Å². The van der Waals surface area contributed by atoms with Gasteiger partial charge in [0, 0.05) is 37.0 Å². The van der Waals surface area contributed by atoms with Crippen LogP contribution in [0.4, 0.5) is 15.8 Å². The molecule has 1 fully saturated rings. The van der Waals surface area contributed by atoms with Crippen LogP contribution in [0.5, 0.6) is 0 Å². The first-order chi connectivity index (χ1) is 13.4. The highest BCUT2D eigenvalue weighted by Crippen LogP contribution is 2.34. The fourth-order valence-corrected chi connectivity index (χ4v) is 3.43. The number of benzene rings is 2. The third kappa shape index (κ3) is 4.94. The number of aliphatic hydroxyl groups is 1. The van der Waals surface area contributed by atoms with Gasteiger partial charge in [0.1, 0.15) is 5.82 Å². The van der Waals surface area contributed by atoms with Crippen molar-refractivity contribution in [3.8, 4) is 0 Å². The summed E-state index contributed by atoms with van der Waals surface area (Å²) in [5.74, 6) is -0.722. The Bertz CT molecular complexity index is 846. The van der Waals surface area contributed by atoms with E-state index in [4.69, 9.17) is 0 Å². The Balaban J connectivity index is 1.51.